The second-order valence-electron chi connectivity index (χ2n) is 7.97. The van der Waals surface area contributed by atoms with E-state index in [1.807, 2.05) is 13.1 Å². The highest BCUT2D eigenvalue weighted by Gasteiger charge is 2.17. The van der Waals surface area contributed by atoms with E-state index >= 15 is 0 Å². The first-order valence-electron chi connectivity index (χ1n) is 10.4. The summed E-state index contributed by atoms with van der Waals surface area (Å²) in [5.74, 6) is 0.773. The number of benzene rings is 1. The highest BCUT2D eigenvalue weighted by molar-refractivity contribution is 5.80. The summed E-state index contributed by atoms with van der Waals surface area (Å²) in [6, 6.07) is 12.8. The van der Waals surface area contributed by atoms with Crippen LogP contribution in [0.3, 0.4) is 0 Å². The van der Waals surface area contributed by atoms with E-state index in [-0.39, 0.29) is 6.61 Å². The summed E-state index contributed by atoms with van der Waals surface area (Å²) < 4.78 is 2.10. The van der Waals surface area contributed by atoms with Crippen molar-refractivity contribution < 1.29 is 5.11 Å². The van der Waals surface area contributed by atoms with Crippen LogP contribution in [-0.4, -0.2) is 26.5 Å². The molecule has 1 fully saturated rings. The van der Waals surface area contributed by atoms with E-state index in [1.165, 1.54) is 31.2 Å². The molecular formula is C24H29N3O. The van der Waals surface area contributed by atoms with Gasteiger partial charge in [0.25, 0.3) is 0 Å². The van der Waals surface area contributed by atoms with Crippen LogP contribution in [0.5, 0.6) is 0 Å². The van der Waals surface area contributed by atoms with Gasteiger partial charge in [0.2, 0.25) is 0 Å². The molecule has 1 saturated carbocycles. The van der Waals surface area contributed by atoms with E-state index in [0.29, 0.717) is 0 Å². The lowest BCUT2D eigenvalue weighted by Gasteiger charge is -2.10. The number of aliphatic hydroxyl groups is 1. The zero-order valence-corrected chi connectivity index (χ0v) is 16.6. The first-order valence-corrected chi connectivity index (χ1v) is 10.4. The summed E-state index contributed by atoms with van der Waals surface area (Å²) in [7, 11) is 0. The normalized spacial score (nSPS) is 14.6. The van der Waals surface area contributed by atoms with Gasteiger partial charge in [0.15, 0.2) is 0 Å². The second kappa shape index (κ2) is 8.70. The predicted octanol–water partition coefficient (Wildman–Crippen LogP) is 5.04. The van der Waals surface area contributed by atoms with Crippen LogP contribution in [0.25, 0.3) is 22.4 Å². The molecule has 0 bridgehead atoms. The van der Waals surface area contributed by atoms with Gasteiger partial charge in [0, 0.05) is 41.7 Å². The smallest absolute Gasteiger partial charge is 0.0784 e. The van der Waals surface area contributed by atoms with Crippen molar-refractivity contribution >= 4 is 0 Å². The van der Waals surface area contributed by atoms with E-state index in [0.717, 1.165) is 53.4 Å². The molecule has 3 aromatic rings. The minimum absolute atomic E-state index is 0.232. The van der Waals surface area contributed by atoms with Crippen LogP contribution in [0.4, 0.5) is 0 Å². The van der Waals surface area contributed by atoms with Gasteiger partial charge in [-0.2, -0.15) is 5.10 Å². The van der Waals surface area contributed by atoms with Gasteiger partial charge in [-0.15, -0.1) is 0 Å². The highest BCUT2D eigenvalue weighted by atomic mass is 16.2. The fraction of sp³-hybridized carbons (Fsp3) is 0.417. The maximum Gasteiger partial charge on any atom is 0.0784 e. The molecule has 28 heavy (non-hydrogen) atoms. The number of rotatable bonds is 7. The summed E-state index contributed by atoms with van der Waals surface area (Å²) in [5.41, 5.74) is 6.65. The van der Waals surface area contributed by atoms with Crippen LogP contribution < -0.4 is 0 Å². The summed E-state index contributed by atoms with van der Waals surface area (Å²) >= 11 is 0. The Balaban J connectivity index is 1.60. The topological polar surface area (TPSA) is 50.9 Å². The van der Waals surface area contributed by atoms with Crippen LogP contribution in [0.2, 0.25) is 0 Å². The van der Waals surface area contributed by atoms with E-state index in [4.69, 9.17) is 10.1 Å². The third kappa shape index (κ3) is 4.33. The molecule has 0 aliphatic heterocycles. The molecular weight excluding hydrogens is 346 g/mol. The molecule has 2 aromatic heterocycles. The Morgan fingerprint density at radius 3 is 2.57 bits per heavy atom. The van der Waals surface area contributed by atoms with E-state index in [2.05, 4.69) is 52.4 Å². The average Bonchev–Trinajstić information content (AvgIpc) is 3.39. The van der Waals surface area contributed by atoms with Crippen LogP contribution in [-0.2, 0) is 13.0 Å². The lowest BCUT2D eigenvalue weighted by atomic mass is 9.99. The van der Waals surface area contributed by atoms with Gasteiger partial charge in [0.1, 0.15) is 0 Å². The van der Waals surface area contributed by atoms with Crippen molar-refractivity contribution in [1.29, 1.82) is 0 Å². The third-order valence-electron chi connectivity index (χ3n) is 5.75. The third-order valence-corrected chi connectivity index (χ3v) is 5.75. The maximum atomic E-state index is 9.03. The Bertz CT molecular complexity index is 908. The molecule has 1 aliphatic carbocycles. The molecule has 1 aliphatic rings. The second-order valence-corrected chi connectivity index (χ2v) is 7.97. The average molecular weight is 376 g/mol. The molecule has 0 amide bonds. The highest BCUT2D eigenvalue weighted by Crippen LogP contribution is 2.32. The zero-order chi connectivity index (χ0) is 19.3. The minimum atomic E-state index is 0.232. The van der Waals surface area contributed by atoms with Gasteiger partial charge in [0.05, 0.1) is 11.9 Å². The number of hydrogen-bond acceptors (Lipinski definition) is 3. The van der Waals surface area contributed by atoms with Gasteiger partial charge in [-0.1, -0.05) is 43.2 Å². The van der Waals surface area contributed by atoms with E-state index in [9.17, 15) is 0 Å². The quantitative estimate of drug-likeness (QED) is 0.630. The SMILES string of the molecule is Cc1ccc(-c2cnn(CC3CCCC3)c2)c(-c2ccc(CCCO)cc2)n1. The largest absolute Gasteiger partial charge is 0.396 e. The molecule has 4 rings (SSSR count). The summed E-state index contributed by atoms with van der Waals surface area (Å²) in [4.78, 5) is 4.85. The summed E-state index contributed by atoms with van der Waals surface area (Å²) in [6.07, 6.45) is 11.2. The van der Waals surface area contributed by atoms with Gasteiger partial charge in [-0.3, -0.25) is 9.67 Å². The molecule has 1 N–H and O–H groups in total. The zero-order valence-electron chi connectivity index (χ0n) is 16.6. The minimum Gasteiger partial charge on any atom is -0.396 e. The van der Waals surface area contributed by atoms with Crippen molar-refractivity contribution in [2.24, 2.45) is 5.92 Å². The Morgan fingerprint density at radius 2 is 1.82 bits per heavy atom. The van der Waals surface area contributed by atoms with Crippen LogP contribution in [0.15, 0.2) is 48.8 Å². The summed E-state index contributed by atoms with van der Waals surface area (Å²) in [5, 5.41) is 13.7. The van der Waals surface area contributed by atoms with E-state index < -0.39 is 0 Å². The summed E-state index contributed by atoms with van der Waals surface area (Å²) in [6.45, 7) is 3.29. The fourth-order valence-corrected chi connectivity index (χ4v) is 4.18. The van der Waals surface area contributed by atoms with Gasteiger partial charge < -0.3 is 5.11 Å². The molecule has 0 radical (unpaired) electrons. The Kier molecular flexibility index (Phi) is 5.87. The van der Waals surface area contributed by atoms with Crippen LogP contribution in [0, 0.1) is 12.8 Å². The van der Waals surface area contributed by atoms with Crippen LogP contribution >= 0.6 is 0 Å². The van der Waals surface area contributed by atoms with E-state index in [1.54, 1.807) is 0 Å². The molecule has 146 valence electrons. The molecule has 2 heterocycles. The molecule has 1 aromatic carbocycles. The monoisotopic (exact) mass is 375 g/mol. The number of aryl methyl sites for hydroxylation is 2. The fourth-order valence-electron chi connectivity index (χ4n) is 4.18. The van der Waals surface area contributed by atoms with Gasteiger partial charge in [-0.05, 0) is 50.2 Å². The number of hydrogen-bond donors (Lipinski definition) is 1. The van der Waals surface area contributed by atoms with Crippen molar-refractivity contribution in [2.75, 3.05) is 6.61 Å². The van der Waals surface area contributed by atoms with Gasteiger partial charge >= 0.3 is 0 Å². The molecule has 0 spiro atoms. The van der Waals surface area contributed by atoms with Crippen molar-refractivity contribution in [1.82, 2.24) is 14.8 Å². The molecule has 4 heteroatoms. The Morgan fingerprint density at radius 1 is 1.04 bits per heavy atom. The predicted molar refractivity (Wildman–Crippen MR) is 113 cm³/mol. The Labute approximate surface area is 167 Å². The van der Waals surface area contributed by atoms with Crippen molar-refractivity contribution in [3.8, 4) is 22.4 Å². The number of nitrogens with zero attached hydrogens (tertiary/aromatic N) is 3. The molecule has 0 unspecified atom stereocenters. The molecule has 0 saturated heterocycles. The number of aromatic nitrogens is 3. The van der Waals surface area contributed by atoms with Crippen LogP contribution in [0.1, 0.15) is 43.4 Å². The number of pyridine rings is 1. The first-order chi connectivity index (χ1) is 13.7. The van der Waals surface area contributed by atoms with Crippen molar-refractivity contribution in [3.63, 3.8) is 0 Å². The van der Waals surface area contributed by atoms with Crippen molar-refractivity contribution in [2.45, 2.75) is 52.0 Å². The molecule has 0 atom stereocenters. The Hall–Kier alpha value is -2.46. The maximum absolute atomic E-state index is 9.03. The molecule has 4 nitrogen and oxygen atoms in total. The van der Waals surface area contributed by atoms with Crippen molar-refractivity contribution in [3.05, 3.63) is 60.0 Å². The lowest BCUT2D eigenvalue weighted by molar-refractivity contribution is 0.288. The lowest BCUT2D eigenvalue weighted by Crippen LogP contribution is -2.07. The standard InChI is InChI=1S/C24H29N3O/c1-18-8-13-23(22-15-25-27(17-22)16-20-5-2-3-6-20)24(26-18)21-11-9-19(10-12-21)7-4-14-28/h8-13,15,17,20,28H,2-7,14,16H2,1H3. The van der Waals surface area contributed by atoms with Gasteiger partial charge in [-0.25, -0.2) is 0 Å². The first kappa shape index (κ1) is 18.9. The number of aliphatic hydroxyl groups excluding tert-OH is 1.